The van der Waals surface area contributed by atoms with E-state index in [4.69, 9.17) is 0 Å². The quantitative estimate of drug-likeness (QED) is 0.850. The number of nitrogens with one attached hydrogen (secondary N) is 1. The van der Waals surface area contributed by atoms with Crippen LogP contribution in [0.15, 0.2) is 0 Å². The van der Waals surface area contributed by atoms with Crippen molar-refractivity contribution < 1.29 is 22.8 Å². The second kappa shape index (κ2) is 6.01. The van der Waals surface area contributed by atoms with Gasteiger partial charge in [-0.25, -0.2) is 4.79 Å². The van der Waals surface area contributed by atoms with Crippen molar-refractivity contribution in [3.8, 4) is 0 Å². The molecule has 0 radical (unpaired) electrons. The minimum atomic E-state index is -4.41. The van der Waals surface area contributed by atoms with Gasteiger partial charge in [-0.05, 0) is 32.1 Å². The van der Waals surface area contributed by atoms with Crippen molar-refractivity contribution in [3.05, 3.63) is 0 Å². The molecule has 2 atom stereocenters. The molecule has 0 spiro atoms. The second-order valence-electron chi connectivity index (χ2n) is 5.50. The van der Waals surface area contributed by atoms with E-state index in [1.54, 1.807) is 0 Å². The van der Waals surface area contributed by atoms with Crippen LogP contribution in [0.3, 0.4) is 0 Å². The number of piperidine rings is 1. The molecule has 1 N–H and O–H groups in total. The minimum Gasteiger partial charge on any atom is -0.329 e. The highest BCUT2D eigenvalue weighted by molar-refractivity contribution is 5.84. The van der Waals surface area contributed by atoms with Crippen molar-refractivity contribution in [1.82, 2.24) is 10.2 Å². The molecule has 20 heavy (non-hydrogen) atoms. The summed E-state index contributed by atoms with van der Waals surface area (Å²) in [6.07, 6.45) is 0.0675. The summed E-state index contributed by atoms with van der Waals surface area (Å²) in [6.45, 7) is -0.897. The maximum absolute atomic E-state index is 12.2. The molecule has 4 nitrogen and oxygen atoms in total. The summed E-state index contributed by atoms with van der Waals surface area (Å²) in [5, 5.41) is 1.91. The van der Waals surface area contributed by atoms with Gasteiger partial charge in [0.2, 0.25) is 0 Å². The topological polar surface area (TPSA) is 49.4 Å². The molecule has 2 fully saturated rings. The first kappa shape index (κ1) is 15.1. The van der Waals surface area contributed by atoms with Gasteiger partial charge in [-0.1, -0.05) is 0 Å². The number of carbonyl (C=O) groups is 2. The van der Waals surface area contributed by atoms with Gasteiger partial charge in [-0.3, -0.25) is 4.79 Å². The van der Waals surface area contributed by atoms with Crippen LogP contribution < -0.4 is 5.32 Å². The zero-order valence-electron chi connectivity index (χ0n) is 11.2. The third kappa shape index (κ3) is 3.64. The van der Waals surface area contributed by atoms with E-state index in [-0.39, 0.29) is 17.7 Å². The number of hydrogen-bond acceptors (Lipinski definition) is 2. The molecule has 1 saturated carbocycles. The molecule has 0 bridgehead atoms. The number of rotatable bonds is 2. The lowest BCUT2D eigenvalue weighted by Gasteiger charge is -2.38. The Bertz CT molecular complexity index is 384. The first-order chi connectivity index (χ1) is 9.38. The number of likely N-dealkylation sites (tertiary alicyclic amines) is 1. The summed E-state index contributed by atoms with van der Waals surface area (Å²) < 4.78 is 36.5. The maximum Gasteiger partial charge on any atom is 0.405 e. The Balaban J connectivity index is 1.99. The molecule has 2 rings (SSSR count). The number of carbonyl (C=O) groups excluding carboxylic acids is 2. The summed E-state index contributed by atoms with van der Waals surface area (Å²) in [5.74, 6) is -0.0440. The lowest BCUT2D eigenvalue weighted by Crippen LogP contribution is -2.53. The Morgan fingerprint density at radius 2 is 2.00 bits per heavy atom. The zero-order chi connectivity index (χ0) is 14.8. The molecule has 1 aliphatic carbocycles. The van der Waals surface area contributed by atoms with Crippen molar-refractivity contribution in [2.24, 2.45) is 5.92 Å². The second-order valence-corrected chi connectivity index (χ2v) is 5.50. The number of amides is 2. The highest BCUT2D eigenvalue weighted by atomic mass is 19.4. The van der Waals surface area contributed by atoms with Crippen LogP contribution in [0.5, 0.6) is 0 Å². The molecule has 2 aliphatic rings. The Morgan fingerprint density at radius 1 is 1.25 bits per heavy atom. The van der Waals surface area contributed by atoms with Crippen LogP contribution in [-0.2, 0) is 4.79 Å². The molecule has 0 aromatic rings. The van der Waals surface area contributed by atoms with Crippen LogP contribution in [0.2, 0.25) is 0 Å². The van der Waals surface area contributed by atoms with Crippen LogP contribution in [0.1, 0.15) is 38.5 Å². The number of hydrogen-bond donors (Lipinski definition) is 1. The number of Topliss-reactive ketones (excluding diaryl/α,β-unsaturated/α-hetero) is 1. The fourth-order valence-electron chi connectivity index (χ4n) is 3.15. The van der Waals surface area contributed by atoms with Gasteiger partial charge in [-0.2, -0.15) is 13.2 Å². The van der Waals surface area contributed by atoms with Gasteiger partial charge in [0, 0.05) is 24.9 Å². The average Bonchev–Trinajstić information content (AvgIpc) is 2.81. The van der Waals surface area contributed by atoms with Gasteiger partial charge >= 0.3 is 12.2 Å². The SMILES string of the molecule is O=C1CCCC1C1CCCCN1C(=O)NCC(F)(F)F. The van der Waals surface area contributed by atoms with Crippen molar-refractivity contribution in [2.45, 2.75) is 50.7 Å². The Kier molecular flexibility index (Phi) is 4.55. The molecule has 2 unspecified atom stereocenters. The normalized spacial score (nSPS) is 27.8. The lowest BCUT2D eigenvalue weighted by molar-refractivity contribution is -0.125. The standard InChI is InChI=1S/C13H19F3N2O2/c14-13(15,16)8-17-12(20)18-7-2-1-5-10(18)9-4-3-6-11(9)19/h9-10H,1-8H2,(H,17,20). The summed E-state index contributed by atoms with van der Waals surface area (Å²) in [4.78, 5) is 25.2. The van der Waals surface area contributed by atoms with Gasteiger partial charge in [0.15, 0.2) is 0 Å². The number of alkyl halides is 3. The number of nitrogens with zero attached hydrogens (tertiary/aromatic N) is 1. The Hall–Kier alpha value is -1.27. The molecule has 1 heterocycles. The van der Waals surface area contributed by atoms with Crippen LogP contribution >= 0.6 is 0 Å². The van der Waals surface area contributed by atoms with Gasteiger partial charge in [-0.15, -0.1) is 0 Å². The molecular weight excluding hydrogens is 273 g/mol. The Labute approximate surface area is 115 Å². The van der Waals surface area contributed by atoms with E-state index in [0.29, 0.717) is 19.4 Å². The summed E-state index contributed by atoms with van der Waals surface area (Å²) >= 11 is 0. The van der Waals surface area contributed by atoms with Crippen LogP contribution in [0.4, 0.5) is 18.0 Å². The molecule has 0 aromatic heterocycles. The smallest absolute Gasteiger partial charge is 0.329 e. The van der Waals surface area contributed by atoms with Crippen LogP contribution in [-0.4, -0.2) is 42.0 Å². The van der Waals surface area contributed by atoms with E-state index in [0.717, 1.165) is 25.7 Å². The van der Waals surface area contributed by atoms with Crippen molar-refractivity contribution in [3.63, 3.8) is 0 Å². The fraction of sp³-hybridized carbons (Fsp3) is 0.846. The van der Waals surface area contributed by atoms with Crippen molar-refractivity contribution in [1.29, 1.82) is 0 Å². The van der Waals surface area contributed by atoms with Gasteiger partial charge in [0.05, 0.1) is 0 Å². The van der Waals surface area contributed by atoms with E-state index < -0.39 is 18.8 Å². The predicted octanol–water partition coefficient (Wildman–Crippen LogP) is 2.48. The van der Waals surface area contributed by atoms with Crippen LogP contribution in [0, 0.1) is 5.92 Å². The zero-order valence-corrected chi connectivity index (χ0v) is 11.2. The molecule has 114 valence electrons. The molecule has 0 aromatic carbocycles. The largest absolute Gasteiger partial charge is 0.405 e. The fourth-order valence-corrected chi connectivity index (χ4v) is 3.15. The van der Waals surface area contributed by atoms with E-state index in [1.807, 2.05) is 5.32 Å². The predicted molar refractivity (Wildman–Crippen MR) is 66.1 cm³/mol. The molecule has 1 saturated heterocycles. The highest BCUT2D eigenvalue weighted by Gasteiger charge is 2.39. The first-order valence-corrected chi connectivity index (χ1v) is 7.02. The molecular formula is C13H19F3N2O2. The van der Waals surface area contributed by atoms with Crippen molar-refractivity contribution in [2.75, 3.05) is 13.1 Å². The number of halogens is 3. The van der Waals surface area contributed by atoms with Crippen molar-refractivity contribution >= 4 is 11.8 Å². The summed E-state index contributed by atoms with van der Waals surface area (Å²) in [7, 11) is 0. The lowest BCUT2D eigenvalue weighted by atomic mass is 9.89. The summed E-state index contributed by atoms with van der Waals surface area (Å²) in [5.41, 5.74) is 0. The molecule has 7 heteroatoms. The summed E-state index contributed by atoms with van der Waals surface area (Å²) in [6, 6.07) is -0.932. The highest BCUT2D eigenvalue weighted by Crippen LogP contribution is 2.32. The number of urea groups is 1. The van der Waals surface area contributed by atoms with Gasteiger partial charge < -0.3 is 10.2 Å². The van der Waals surface area contributed by atoms with Crippen LogP contribution in [0.25, 0.3) is 0 Å². The Morgan fingerprint density at radius 3 is 2.60 bits per heavy atom. The minimum absolute atomic E-state index is 0.144. The van der Waals surface area contributed by atoms with E-state index in [9.17, 15) is 22.8 Å². The monoisotopic (exact) mass is 292 g/mol. The number of ketones is 1. The molecule has 1 aliphatic heterocycles. The maximum atomic E-state index is 12.2. The molecule has 2 amide bonds. The van der Waals surface area contributed by atoms with Gasteiger partial charge in [0.1, 0.15) is 12.3 Å². The third-order valence-electron chi connectivity index (χ3n) is 4.07. The average molecular weight is 292 g/mol. The van der Waals surface area contributed by atoms with E-state index in [1.165, 1.54) is 4.90 Å². The van der Waals surface area contributed by atoms with E-state index in [2.05, 4.69) is 0 Å². The third-order valence-corrected chi connectivity index (χ3v) is 4.07. The first-order valence-electron chi connectivity index (χ1n) is 7.02. The van der Waals surface area contributed by atoms with Gasteiger partial charge in [0.25, 0.3) is 0 Å². The van der Waals surface area contributed by atoms with E-state index >= 15 is 0 Å².